The molecule has 0 bridgehead atoms. The number of benzene rings is 1. The Morgan fingerprint density at radius 3 is 2.68 bits per heavy atom. The van der Waals surface area contributed by atoms with Crippen molar-refractivity contribution in [3.63, 3.8) is 0 Å². The molecule has 0 saturated carbocycles. The number of methoxy groups -OCH3 is 1. The first-order valence-electron chi connectivity index (χ1n) is 9.20. The maximum atomic E-state index is 11.9. The Morgan fingerprint density at radius 2 is 1.96 bits per heavy atom. The topological polar surface area (TPSA) is 73.4 Å². The van der Waals surface area contributed by atoms with Crippen LogP contribution < -0.4 is 0 Å². The highest BCUT2D eigenvalue weighted by Gasteiger charge is 2.24. The number of aromatic nitrogens is 3. The molecule has 0 radical (unpaired) electrons. The largest absolute Gasteiger partial charge is 0.464 e. The minimum absolute atomic E-state index is 0.293. The van der Waals surface area contributed by atoms with E-state index in [9.17, 15) is 4.79 Å². The lowest BCUT2D eigenvalue weighted by Crippen LogP contribution is -2.34. The number of halogens is 1. The van der Waals surface area contributed by atoms with Crippen LogP contribution in [0.5, 0.6) is 0 Å². The third-order valence-corrected chi connectivity index (χ3v) is 5.57. The van der Waals surface area contributed by atoms with Gasteiger partial charge in [0.25, 0.3) is 0 Å². The van der Waals surface area contributed by atoms with Gasteiger partial charge >= 0.3 is 5.97 Å². The molecular formula is C20H21BrN4O3. The summed E-state index contributed by atoms with van der Waals surface area (Å²) in [5, 5.41) is 8.35. The van der Waals surface area contributed by atoms with Crippen LogP contribution in [-0.4, -0.2) is 45.8 Å². The molecule has 0 spiro atoms. The Balaban J connectivity index is 1.36. The van der Waals surface area contributed by atoms with Crippen molar-refractivity contribution in [1.82, 2.24) is 19.7 Å². The Hall–Kier alpha value is -2.45. The third kappa shape index (κ3) is 4.02. The first-order chi connectivity index (χ1) is 13.6. The molecule has 3 heterocycles. The molecule has 1 saturated heterocycles. The lowest BCUT2D eigenvalue weighted by Gasteiger charge is -2.32. The van der Waals surface area contributed by atoms with E-state index in [1.54, 1.807) is 6.07 Å². The number of ether oxygens (including phenoxy) is 1. The number of carbonyl (C=O) groups is 1. The molecule has 0 aliphatic carbocycles. The van der Waals surface area contributed by atoms with Crippen molar-refractivity contribution in [2.24, 2.45) is 0 Å². The van der Waals surface area contributed by atoms with Crippen LogP contribution in [0.4, 0.5) is 0 Å². The minimum atomic E-state index is -0.293. The molecule has 3 aromatic rings. The Bertz CT molecular complexity index is 943. The second kappa shape index (κ2) is 8.28. The smallest absolute Gasteiger partial charge is 0.354 e. The maximum Gasteiger partial charge on any atom is 0.354 e. The molecule has 146 valence electrons. The summed E-state index contributed by atoms with van der Waals surface area (Å²) in [6.45, 7) is 2.44. The van der Waals surface area contributed by atoms with Gasteiger partial charge in [-0.3, -0.25) is 4.90 Å². The molecule has 7 nitrogen and oxygen atoms in total. The molecular weight excluding hydrogens is 424 g/mol. The van der Waals surface area contributed by atoms with E-state index in [0.717, 1.165) is 36.0 Å². The highest BCUT2D eigenvalue weighted by molar-refractivity contribution is 9.10. The first kappa shape index (κ1) is 18.9. The Labute approximate surface area is 171 Å². The van der Waals surface area contributed by atoms with Gasteiger partial charge in [-0.25, -0.2) is 4.79 Å². The van der Waals surface area contributed by atoms with Gasteiger partial charge in [-0.05, 0) is 49.2 Å². The molecule has 4 rings (SSSR count). The van der Waals surface area contributed by atoms with Gasteiger partial charge < -0.3 is 13.7 Å². The van der Waals surface area contributed by atoms with Crippen molar-refractivity contribution in [2.45, 2.75) is 25.4 Å². The fourth-order valence-electron chi connectivity index (χ4n) is 3.56. The van der Waals surface area contributed by atoms with Crippen LogP contribution in [0.25, 0.3) is 11.5 Å². The Morgan fingerprint density at radius 1 is 1.21 bits per heavy atom. The summed E-state index contributed by atoms with van der Waals surface area (Å²) in [4.78, 5) is 14.2. The van der Waals surface area contributed by atoms with Gasteiger partial charge in [0.2, 0.25) is 11.8 Å². The van der Waals surface area contributed by atoms with Crippen LogP contribution in [-0.2, 0) is 11.3 Å². The van der Waals surface area contributed by atoms with Gasteiger partial charge in [0.15, 0.2) is 0 Å². The molecule has 0 atom stereocenters. The monoisotopic (exact) mass is 444 g/mol. The summed E-state index contributed by atoms with van der Waals surface area (Å²) in [7, 11) is 1.41. The fraction of sp³-hybridized carbons (Fsp3) is 0.350. The number of hydrogen-bond donors (Lipinski definition) is 0. The van der Waals surface area contributed by atoms with Crippen molar-refractivity contribution in [1.29, 1.82) is 0 Å². The summed E-state index contributed by atoms with van der Waals surface area (Å²) >= 11 is 3.42. The summed E-state index contributed by atoms with van der Waals surface area (Å²) < 4.78 is 13.7. The van der Waals surface area contributed by atoms with E-state index in [-0.39, 0.29) is 5.97 Å². The number of likely N-dealkylation sites (tertiary alicyclic amines) is 1. The minimum Gasteiger partial charge on any atom is -0.464 e. The van der Waals surface area contributed by atoms with Crippen molar-refractivity contribution >= 4 is 21.9 Å². The SMILES string of the molecule is COC(=O)c1cccn1C1CCN(Cc2nnc(-c3ccc(Br)cc3)o2)CC1. The van der Waals surface area contributed by atoms with Gasteiger partial charge in [-0.1, -0.05) is 15.9 Å². The summed E-state index contributed by atoms with van der Waals surface area (Å²) in [5.41, 5.74) is 1.51. The molecule has 0 N–H and O–H groups in total. The number of carbonyl (C=O) groups excluding carboxylic acids is 1. The molecule has 1 aliphatic heterocycles. The van der Waals surface area contributed by atoms with Crippen molar-refractivity contribution in [2.75, 3.05) is 20.2 Å². The summed E-state index contributed by atoms with van der Waals surface area (Å²) in [5.74, 6) is 0.860. The predicted octanol–water partition coefficient (Wildman–Crippen LogP) is 3.92. The zero-order valence-electron chi connectivity index (χ0n) is 15.5. The maximum absolute atomic E-state index is 11.9. The van der Waals surface area contributed by atoms with Crippen molar-refractivity contribution in [3.05, 3.63) is 58.7 Å². The van der Waals surface area contributed by atoms with E-state index >= 15 is 0 Å². The van der Waals surface area contributed by atoms with Gasteiger partial charge in [-0.2, -0.15) is 0 Å². The van der Waals surface area contributed by atoms with E-state index in [2.05, 4.69) is 31.0 Å². The highest BCUT2D eigenvalue weighted by Crippen LogP contribution is 2.26. The van der Waals surface area contributed by atoms with Crippen LogP contribution in [0.3, 0.4) is 0 Å². The zero-order chi connectivity index (χ0) is 19.5. The van der Waals surface area contributed by atoms with Crippen LogP contribution in [0, 0.1) is 0 Å². The van der Waals surface area contributed by atoms with Crippen LogP contribution in [0.15, 0.2) is 51.5 Å². The number of hydrogen-bond acceptors (Lipinski definition) is 6. The molecule has 1 aromatic carbocycles. The van der Waals surface area contributed by atoms with Gasteiger partial charge in [0, 0.05) is 35.4 Å². The standard InChI is InChI=1S/C20H21BrN4O3/c1-27-20(26)17-3-2-10-25(17)16-8-11-24(12-9-16)13-18-22-23-19(28-18)14-4-6-15(21)7-5-14/h2-7,10,16H,8-9,11-13H2,1H3. The molecule has 0 unspecified atom stereocenters. The molecule has 28 heavy (non-hydrogen) atoms. The quantitative estimate of drug-likeness (QED) is 0.555. The fourth-order valence-corrected chi connectivity index (χ4v) is 3.83. The van der Waals surface area contributed by atoms with Crippen molar-refractivity contribution < 1.29 is 13.9 Å². The lowest BCUT2D eigenvalue weighted by molar-refractivity contribution is 0.0581. The normalized spacial score (nSPS) is 15.6. The first-order valence-corrected chi connectivity index (χ1v) is 9.99. The van der Waals surface area contributed by atoms with Crippen LogP contribution >= 0.6 is 15.9 Å². The highest BCUT2D eigenvalue weighted by atomic mass is 79.9. The second-order valence-electron chi connectivity index (χ2n) is 6.81. The van der Waals surface area contributed by atoms with Crippen LogP contribution in [0.2, 0.25) is 0 Å². The molecule has 8 heteroatoms. The van der Waals surface area contributed by atoms with Gasteiger partial charge in [0.05, 0.1) is 13.7 Å². The number of esters is 1. The Kier molecular flexibility index (Phi) is 5.59. The summed E-state index contributed by atoms with van der Waals surface area (Å²) in [6, 6.07) is 11.8. The third-order valence-electron chi connectivity index (χ3n) is 5.04. The van der Waals surface area contributed by atoms with E-state index < -0.39 is 0 Å². The predicted molar refractivity (Wildman–Crippen MR) is 107 cm³/mol. The van der Waals surface area contributed by atoms with E-state index in [1.165, 1.54) is 7.11 Å². The molecule has 0 amide bonds. The number of piperidine rings is 1. The van der Waals surface area contributed by atoms with E-state index in [0.29, 0.717) is 30.1 Å². The van der Waals surface area contributed by atoms with Crippen molar-refractivity contribution in [3.8, 4) is 11.5 Å². The lowest BCUT2D eigenvalue weighted by atomic mass is 10.0. The van der Waals surface area contributed by atoms with Crippen LogP contribution in [0.1, 0.15) is 35.3 Å². The van der Waals surface area contributed by atoms with E-state index in [1.807, 2.05) is 41.1 Å². The molecule has 2 aromatic heterocycles. The van der Waals surface area contributed by atoms with Gasteiger partial charge in [-0.15, -0.1) is 10.2 Å². The molecule has 1 aliphatic rings. The zero-order valence-corrected chi connectivity index (χ0v) is 17.1. The number of rotatable bonds is 5. The van der Waals surface area contributed by atoms with E-state index in [4.69, 9.17) is 9.15 Å². The van der Waals surface area contributed by atoms with Gasteiger partial charge in [0.1, 0.15) is 5.69 Å². The number of nitrogens with zero attached hydrogens (tertiary/aromatic N) is 4. The molecule has 1 fully saturated rings. The average molecular weight is 445 g/mol. The summed E-state index contributed by atoms with van der Waals surface area (Å²) in [6.07, 6.45) is 3.85. The average Bonchev–Trinajstić information content (AvgIpc) is 3.38. The second-order valence-corrected chi connectivity index (χ2v) is 7.72.